The molecular weight excluding hydrogens is 350 g/mol. The maximum atomic E-state index is 13.8. The summed E-state index contributed by atoms with van der Waals surface area (Å²) in [6.45, 7) is 3.95. The zero-order chi connectivity index (χ0) is 19.2. The second-order valence-electron chi connectivity index (χ2n) is 6.92. The molecule has 3 rings (SSSR count). The van der Waals surface area contributed by atoms with E-state index in [1.54, 1.807) is 6.92 Å². The molecule has 1 aliphatic rings. The van der Waals surface area contributed by atoms with E-state index < -0.39 is 17.7 Å². The first-order valence-electron chi connectivity index (χ1n) is 9.21. The average molecular weight is 374 g/mol. The third-order valence-electron chi connectivity index (χ3n) is 4.90. The zero-order valence-corrected chi connectivity index (χ0v) is 15.3. The van der Waals surface area contributed by atoms with E-state index in [2.05, 4.69) is 10.2 Å². The first-order chi connectivity index (χ1) is 13.0. The van der Waals surface area contributed by atoms with Gasteiger partial charge in [-0.1, -0.05) is 18.2 Å². The van der Waals surface area contributed by atoms with E-state index >= 15 is 0 Å². The van der Waals surface area contributed by atoms with Crippen molar-refractivity contribution >= 4 is 11.6 Å². The van der Waals surface area contributed by atoms with Gasteiger partial charge in [0.15, 0.2) is 0 Å². The minimum absolute atomic E-state index is 0.00535. The lowest BCUT2D eigenvalue weighted by Crippen LogP contribution is -2.48. The summed E-state index contributed by atoms with van der Waals surface area (Å²) in [6.07, 6.45) is 2.02. The molecule has 1 heterocycles. The Balaban J connectivity index is 1.54. The standard InChI is InChI=1S/C21H24F2N2O2/c1-15(21(26)24-20-10-9-17(22)12-19(20)23)25-11-5-6-16(13-25)14-27-18-7-3-2-4-8-18/h2-4,7-10,12,15-16H,5-6,11,13-14H2,1H3,(H,24,26). The van der Waals surface area contributed by atoms with Crippen molar-refractivity contribution < 1.29 is 18.3 Å². The topological polar surface area (TPSA) is 41.6 Å². The first-order valence-corrected chi connectivity index (χ1v) is 9.21. The molecule has 0 aromatic heterocycles. The number of likely N-dealkylation sites (tertiary alicyclic amines) is 1. The van der Waals surface area contributed by atoms with Gasteiger partial charge in [0.2, 0.25) is 5.91 Å². The van der Waals surface area contributed by atoms with Crippen LogP contribution in [-0.2, 0) is 4.79 Å². The summed E-state index contributed by atoms with van der Waals surface area (Å²) < 4.78 is 32.6. The van der Waals surface area contributed by atoms with Gasteiger partial charge in [-0.3, -0.25) is 9.69 Å². The van der Waals surface area contributed by atoms with Crippen LogP contribution in [0.2, 0.25) is 0 Å². The van der Waals surface area contributed by atoms with Gasteiger partial charge in [-0.25, -0.2) is 8.78 Å². The van der Waals surface area contributed by atoms with Crippen LogP contribution in [0.1, 0.15) is 19.8 Å². The predicted molar refractivity (Wildman–Crippen MR) is 101 cm³/mol. The van der Waals surface area contributed by atoms with Crippen LogP contribution < -0.4 is 10.1 Å². The molecule has 4 nitrogen and oxygen atoms in total. The van der Waals surface area contributed by atoms with Crippen molar-refractivity contribution in [2.75, 3.05) is 25.0 Å². The number of amides is 1. The third kappa shape index (κ3) is 5.26. The number of carbonyl (C=O) groups excluding carboxylic acids is 1. The van der Waals surface area contributed by atoms with E-state index in [-0.39, 0.29) is 11.6 Å². The van der Waals surface area contributed by atoms with Crippen LogP contribution in [0.15, 0.2) is 48.5 Å². The van der Waals surface area contributed by atoms with E-state index in [0.29, 0.717) is 12.5 Å². The second kappa shape index (κ2) is 8.95. The lowest BCUT2D eigenvalue weighted by Gasteiger charge is -2.36. The van der Waals surface area contributed by atoms with Crippen LogP contribution in [0.4, 0.5) is 14.5 Å². The summed E-state index contributed by atoms with van der Waals surface area (Å²) in [6, 6.07) is 12.4. The van der Waals surface area contributed by atoms with Gasteiger partial charge in [0.05, 0.1) is 18.3 Å². The number of halogens is 2. The number of ether oxygens (including phenoxy) is 1. The molecule has 1 saturated heterocycles. The first kappa shape index (κ1) is 19.3. The monoisotopic (exact) mass is 374 g/mol. The molecule has 144 valence electrons. The number of nitrogens with zero attached hydrogens (tertiary/aromatic N) is 1. The predicted octanol–water partition coefficient (Wildman–Crippen LogP) is 4.08. The van der Waals surface area contributed by atoms with Crippen molar-refractivity contribution in [1.29, 1.82) is 0 Å². The minimum Gasteiger partial charge on any atom is -0.493 e. The molecule has 1 amide bonds. The van der Waals surface area contributed by atoms with Crippen molar-refractivity contribution in [2.45, 2.75) is 25.8 Å². The van der Waals surface area contributed by atoms with Crippen molar-refractivity contribution in [1.82, 2.24) is 4.90 Å². The Kier molecular flexibility index (Phi) is 6.40. The summed E-state index contributed by atoms with van der Waals surface area (Å²) in [5, 5.41) is 2.55. The molecule has 2 aromatic carbocycles. The third-order valence-corrected chi connectivity index (χ3v) is 4.90. The number of benzene rings is 2. The summed E-state index contributed by atoms with van der Waals surface area (Å²) in [5.74, 6) is -0.576. The molecular formula is C21H24F2N2O2. The largest absolute Gasteiger partial charge is 0.493 e. The van der Waals surface area contributed by atoms with E-state index in [4.69, 9.17) is 4.74 Å². The molecule has 27 heavy (non-hydrogen) atoms. The van der Waals surface area contributed by atoms with Gasteiger partial charge in [-0.05, 0) is 50.6 Å². The summed E-state index contributed by atoms with van der Waals surface area (Å²) in [5.41, 5.74) is -0.00535. The van der Waals surface area contributed by atoms with Gasteiger partial charge in [0, 0.05) is 18.5 Å². The quantitative estimate of drug-likeness (QED) is 0.828. The number of hydrogen-bond donors (Lipinski definition) is 1. The number of para-hydroxylation sites is 1. The highest BCUT2D eigenvalue weighted by atomic mass is 19.1. The number of piperidine rings is 1. The van der Waals surface area contributed by atoms with Crippen LogP contribution in [-0.4, -0.2) is 36.5 Å². The minimum atomic E-state index is -0.775. The van der Waals surface area contributed by atoms with Crippen molar-refractivity contribution in [3.8, 4) is 5.75 Å². The Hall–Kier alpha value is -2.47. The molecule has 2 atom stereocenters. The fourth-order valence-corrected chi connectivity index (χ4v) is 3.31. The van der Waals surface area contributed by atoms with Crippen LogP contribution in [0.5, 0.6) is 5.75 Å². The molecule has 1 aliphatic heterocycles. The highest BCUT2D eigenvalue weighted by molar-refractivity contribution is 5.94. The molecule has 0 radical (unpaired) electrons. The van der Waals surface area contributed by atoms with E-state index in [9.17, 15) is 13.6 Å². The van der Waals surface area contributed by atoms with Crippen LogP contribution in [0.25, 0.3) is 0 Å². The average Bonchev–Trinajstić information content (AvgIpc) is 2.69. The Bertz CT molecular complexity index is 770. The fraction of sp³-hybridized carbons (Fsp3) is 0.381. The van der Waals surface area contributed by atoms with Crippen molar-refractivity contribution in [2.24, 2.45) is 5.92 Å². The number of rotatable bonds is 6. The lowest BCUT2D eigenvalue weighted by atomic mass is 9.97. The van der Waals surface area contributed by atoms with Crippen molar-refractivity contribution in [3.05, 3.63) is 60.2 Å². The van der Waals surface area contributed by atoms with Crippen LogP contribution >= 0.6 is 0 Å². The molecule has 0 aliphatic carbocycles. The van der Waals surface area contributed by atoms with Gasteiger partial charge in [-0.2, -0.15) is 0 Å². The fourth-order valence-electron chi connectivity index (χ4n) is 3.31. The second-order valence-corrected chi connectivity index (χ2v) is 6.92. The van der Waals surface area contributed by atoms with E-state index in [1.165, 1.54) is 6.07 Å². The Labute approximate surface area is 158 Å². The highest BCUT2D eigenvalue weighted by Crippen LogP contribution is 2.22. The van der Waals surface area contributed by atoms with Gasteiger partial charge in [0.25, 0.3) is 0 Å². The Morgan fingerprint density at radius 2 is 2.04 bits per heavy atom. The van der Waals surface area contributed by atoms with Crippen LogP contribution in [0, 0.1) is 17.6 Å². The summed E-state index contributed by atoms with van der Waals surface area (Å²) in [4.78, 5) is 14.6. The molecule has 6 heteroatoms. The zero-order valence-electron chi connectivity index (χ0n) is 15.3. The van der Waals surface area contributed by atoms with Crippen molar-refractivity contribution in [3.63, 3.8) is 0 Å². The summed E-state index contributed by atoms with van der Waals surface area (Å²) >= 11 is 0. The van der Waals surface area contributed by atoms with Crippen LogP contribution in [0.3, 0.4) is 0 Å². The van der Waals surface area contributed by atoms with Gasteiger partial charge in [0.1, 0.15) is 17.4 Å². The van der Waals surface area contributed by atoms with Gasteiger partial charge in [-0.15, -0.1) is 0 Å². The van der Waals surface area contributed by atoms with E-state index in [0.717, 1.165) is 43.8 Å². The molecule has 1 N–H and O–H groups in total. The maximum Gasteiger partial charge on any atom is 0.241 e. The number of anilines is 1. The molecule has 0 saturated carbocycles. The van der Waals surface area contributed by atoms with Gasteiger partial charge < -0.3 is 10.1 Å². The highest BCUT2D eigenvalue weighted by Gasteiger charge is 2.28. The molecule has 0 spiro atoms. The number of nitrogens with one attached hydrogen (secondary N) is 1. The maximum absolute atomic E-state index is 13.8. The Morgan fingerprint density at radius 3 is 2.78 bits per heavy atom. The number of carbonyl (C=O) groups is 1. The summed E-state index contributed by atoms with van der Waals surface area (Å²) in [7, 11) is 0. The van der Waals surface area contributed by atoms with E-state index in [1.807, 2.05) is 30.3 Å². The molecule has 2 aromatic rings. The lowest BCUT2D eigenvalue weighted by molar-refractivity contribution is -0.121. The normalized spacial score (nSPS) is 18.7. The molecule has 2 unspecified atom stereocenters. The Morgan fingerprint density at radius 1 is 1.26 bits per heavy atom. The van der Waals surface area contributed by atoms with Gasteiger partial charge >= 0.3 is 0 Å². The SMILES string of the molecule is CC(C(=O)Nc1ccc(F)cc1F)N1CCCC(COc2ccccc2)C1. The molecule has 0 bridgehead atoms. The molecule has 1 fully saturated rings. The number of hydrogen-bond acceptors (Lipinski definition) is 3. The smallest absolute Gasteiger partial charge is 0.241 e.